The standard InChI is InChI=1S/C15H14BrClN2O3S/c1-10-2-5-12(17)8-14(10)19-15(20)9-18-23(21,22)13-6-3-11(16)4-7-13/h2-8,18H,9H2,1H3,(H,19,20). The summed E-state index contributed by atoms with van der Waals surface area (Å²) in [5, 5.41) is 3.11. The lowest BCUT2D eigenvalue weighted by Crippen LogP contribution is -2.33. The minimum atomic E-state index is -3.74. The van der Waals surface area contributed by atoms with Crippen molar-refractivity contribution < 1.29 is 13.2 Å². The van der Waals surface area contributed by atoms with Crippen molar-refractivity contribution in [2.45, 2.75) is 11.8 Å². The maximum Gasteiger partial charge on any atom is 0.241 e. The third-order valence-electron chi connectivity index (χ3n) is 3.02. The highest BCUT2D eigenvalue weighted by Gasteiger charge is 2.15. The second-order valence-corrected chi connectivity index (χ2v) is 7.90. The summed E-state index contributed by atoms with van der Waals surface area (Å²) in [6, 6.07) is 11.2. The van der Waals surface area contributed by atoms with E-state index in [2.05, 4.69) is 26.0 Å². The molecule has 2 aromatic rings. The van der Waals surface area contributed by atoms with Gasteiger partial charge in [-0.1, -0.05) is 33.6 Å². The molecule has 0 aliphatic rings. The van der Waals surface area contributed by atoms with E-state index in [9.17, 15) is 13.2 Å². The number of sulfonamides is 1. The zero-order valence-corrected chi connectivity index (χ0v) is 15.3. The Kier molecular flexibility index (Phi) is 5.80. The van der Waals surface area contributed by atoms with Gasteiger partial charge in [-0.25, -0.2) is 13.1 Å². The summed E-state index contributed by atoms with van der Waals surface area (Å²) < 4.78 is 27.2. The first-order valence-corrected chi connectivity index (χ1v) is 9.24. The molecule has 0 aliphatic carbocycles. The maximum atomic E-state index is 12.1. The fourth-order valence-corrected chi connectivity index (χ4v) is 3.20. The van der Waals surface area contributed by atoms with Crippen molar-refractivity contribution in [3.63, 3.8) is 0 Å². The van der Waals surface area contributed by atoms with E-state index in [0.29, 0.717) is 10.7 Å². The van der Waals surface area contributed by atoms with Crippen LogP contribution in [0.1, 0.15) is 5.56 Å². The van der Waals surface area contributed by atoms with Crippen molar-refractivity contribution in [1.29, 1.82) is 0 Å². The predicted molar refractivity (Wildman–Crippen MR) is 94.1 cm³/mol. The Hall–Kier alpha value is -1.41. The number of nitrogens with one attached hydrogen (secondary N) is 2. The lowest BCUT2D eigenvalue weighted by molar-refractivity contribution is -0.115. The van der Waals surface area contributed by atoms with Crippen molar-refractivity contribution >= 4 is 49.1 Å². The highest BCUT2D eigenvalue weighted by molar-refractivity contribution is 9.10. The van der Waals surface area contributed by atoms with Crippen LogP contribution in [0.4, 0.5) is 5.69 Å². The van der Waals surface area contributed by atoms with Crippen LogP contribution < -0.4 is 10.0 Å². The van der Waals surface area contributed by atoms with Crippen molar-refractivity contribution in [2.75, 3.05) is 11.9 Å². The first-order valence-electron chi connectivity index (χ1n) is 6.59. The quantitative estimate of drug-likeness (QED) is 0.783. The molecular formula is C15H14BrClN2O3S. The van der Waals surface area contributed by atoms with Crippen LogP contribution in [-0.2, 0) is 14.8 Å². The summed E-state index contributed by atoms with van der Waals surface area (Å²) in [4.78, 5) is 12.0. The number of benzene rings is 2. The highest BCUT2D eigenvalue weighted by Crippen LogP contribution is 2.20. The van der Waals surface area contributed by atoms with Gasteiger partial charge in [0.15, 0.2) is 0 Å². The number of anilines is 1. The topological polar surface area (TPSA) is 75.3 Å². The van der Waals surface area contributed by atoms with Crippen LogP contribution in [0, 0.1) is 6.92 Å². The Morgan fingerprint density at radius 2 is 1.83 bits per heavy atom. The van der Waals surface area contributed by atoms with Crippen molar-refractivity contribution in [3.8, 4) is 0 Å². The van der Waals surface area contributed by atoms with Gasteiger partial charge in [0.05, 0.1) is 11.4 Å². The third kappa shape index (κ3) is 5.04. The van der Waals surface area contributed by atoms with Gasteiger partial charge in [-0.05, 0) is 48.9 Å². The van der Waals surface area contributed by atoms with E-state index in [1.807, 2.05) is 6.92 Å². The number of rotatable bonds is 5. The Bertz CT molecular complexity index is 823. The Balaban J connectivity index is 2.01. The second-order valence-electron chi connectivity index (χ2n) is 4.79. The molecule has 23 heavy (non-hydrogen) atoms. The molecule has 2 rings (SSSR count). The van der Waals surface area contributed by atoms with Crippen LogP contribution in [0.2, 0.25) is 5.02 Å². The van der Waals surface area contributed by atoms with Crippen LogP contribution >= 0.6 is 27.5 Å². The van der Waals surface area contributed by atoms with E-state index in [1.165, 1.54) is 12.1 Å². The molecule has 2 aromatic carbocycles. The average molecular weight is 418 g/mol. The number of carbonyl (C=O) groups is 1. The number of aryl methyl sites for hydroxylation is 1. The van der Waals surface area contributed by atoms with Crippen LogP contribution in [0.15, 0.2) is 51.8 Å². The van der Waals surface area contributed by atoms with Gasteiger partial charge in [0.2, 0.25) is 15.9 Å². The zero-order valence-electron chi connectivity index (χ0n) is 12.1. The smallest absolute Gasteiger partial charge is 0.241 e. The summed E-state index contributed by atoms with van der Waals surface area (Å²) >= 11 is 9.11. The van der Waals surface area contributed by atoms with Gasteiger partial charge in [-0.2, -0.15) is 0 Å². The van der Waals surface area contributed by atoms with Gasteiger partial charge in [-0.15, -0.1) is 0 Å². The number of halogens is 2. The molecule has 0 aliphatic heterocycles. The molecule has 8 heteroatoms. The lowest BCUT2D eigenvalue weighted by Gasteiger charge is -2.10. The molecular weight excluding hydrogens is 404 g/mol. The van der Waals surface area contributed by atoms with Gasteiger partial charge < -0.3 is 5.32 Å². The fraction of sp³-hybridized carbons (Fsp3) is 0.133. The average Bonchev–Trinajstić information content (AvgIpc) is 2.49. The van der Waals surface area contributed by atoms with E-state index in [-0.39, 0.29) is 11.4 Å². The van der Waals surface area contributed by atoms with Crippen molar-refractivity contribution in [1.82, 2.24) is 4.72 Å². The largest absolute Gasteiger partial charge is 0.325 e. The summed E-state index contributed by atoms with van der Waals surface area (Å²) in [6.45, 7) is 1.45. The number of hydrogen-bond acceptors (Lipinski definition) is 3. The first-order chi connectivity index (χ1) is 10.8. The summed E-state index contributed by atoms with van der Waals surface area (Å²) in [6.07, 6.45) is 0. The van der Waals surface area contributed by atoms with Crippen molar-refractivity contribution in [2.24, 2.45) is 0 Å². The van der Waals surface area contributed by atoms with Crippen LogP contribution in [0.25, 0.3) is 0 Å². The molecule has 0 saturated heterocycles. The Morgan fingerprint density at radius 1 is 1.17 bits per heavy atom. The molecule has 0 unspecified atom stereocenters. The molecule has 122 valence electrons. The van der Waals surface area contributed by atoms with E-state index < -0.39 is 15.9 Å². The predicted octanol–water partition coefficient (Wildman–Crippen LogP) is 3.33. The minimum absolute atomic E-state index is 0.0902. The minimum Gasteiger partial charge on any atom is -0.325 e. The van der Waals surface area contributed by atoms with E-state index in [4.69, 9.17) is 11.6 Å². The highest BCUT2D eigenvalue weighted by atomic mass is 79.9. The maximum absolute atomic E-state index is 12.1. The van der Waals surface area contributed by atoms with Gasteiger partial charge in [0.1, 0.15) is 0 Å². The third-order valence-corrected chi connectivity index (χ3v) is 5.20. The summed E-state index contributed by atoms with van der Waals surface area (Å²) in [5.74, 6) is -0.476. The number of amides is 1. The SMILES string of the molecule is Cc1ccc(Cl)cc1NC(=O)CNS(=O)(=O)c1ccc(Br)cc1. The van der Waals surface area contributed by atoms with Gasteiger partial charge in [0.25, 0.3) is 0 Å². The van der Waals surface area contributed by atoms with E-state index in [1.54, 1.807) is 30.3 Å². The summed E-state index contributed by atoms with van der Waals surface area (Å²) in [7, 11) is -3.74. The first kappa shape index (κ1) is 17.9. The number of carbonyl (C=O) groups excluding carboxylic acids is 1. The molecule has 0 saturated carbocycles. The molecule has 0 spiro atoms. The fourth-order valence-electron chi connectivity index (χ4n) is 1.78. The second kappa shape index (κ2) is 7.44. The van der Waals surface area contributed by atoms with Crippen molar-refractivity contribution in [3.05, 3.63) is 57.5 Å². The lowest BCUT2D eigenvalue weighted by atomic mass is 10.2. The molecule has 0 heterocycles. The number of hydrogen-bond donors (Lipinski definition) is 2. The molecule has 5 nitrogen and oxygen atoms in total. The molecule has 0 bridgehead atoms. The summed E-state index contributed by atoms with van der Waals surface area (Å²) in [5.41, 5.74) is 1.38. The molecule has 0 aromatic heterocycles. The molecule has 0 radical (unpaired) electrons. The molecule has 0 atom stereocenters. The van der Waals surface area contributed by atoms with Gasteiger partial charge in [-0.3, -0.25) is 4.79 Å². The van der Waals surface area contributed by atoms with Crippen LogP contribution in [-0.4, -0.2) is 20.9 Å². The Labute approximate surface area is 148 Å². The van der Waals surface area contributed by atoms with Crippen LogP contribution in [0.5, 0.6) is 0 Å². The Morgan fingerprint density at radius 3 is 2.48 bits per heavy atom. The molecule has 2 N–H and O–H groups in total. The van der Waals surface area contributed by atoms with Crippen LogP contribution in [0.3, 0.4) is 0 Å². The molecule has 0 fully saturated rings. The van der Waals surface area contributed by atoms with E-state index >= 15 is 0 Å². The molecule has 1 amide bonds. The monoisotopic (exact) mass is 416 g/mol. The van der Waals surface area contributed by atoms with E-state index in [0.717, 1.165) is 10.0 Å². The van der Waals surface area contributed by atoms with Gasteiger partial charge in [0, 0.05) is 15.2 Å². The van der Waals surface area contributed by atoms with Gasteiger partial charge >= 0.3 is 0 Å². The normalized spacial score (nSPS) is 11.3. The zero-order chi connectivity index (χ0) is 17.0.